The lowest BCUT2D eigenvalue weighted by molar-refractivity contribution is 0.408. The number of aromatic nitrogens is 2. The van der Waals surface area contributed by atoms with Gasteiger partial charge in [0, 0.05) is 5.56 Å². The van der Waals surface area contributed by atoms with Crippen molar-refractivity contribution in [2.24, 2.45) is 0 Å². The largest absolute Gasteiger partial charge is 0.496 e. The van der Waals surface area contributed by atoms with Gasteiger partial charge < -0.3 is 14.3 Å². The minimum absolute atomic E-state index is 0.618. The van der Waals surface area contributed by atoms with E-state index >= 15 is 0 Å². The first-order chi connectivity index (χ1) is 9.70. The van der Waals surface area contributed by atoms with Crippen LogP contribution in [0.15, 0.2) is 42.5 Å². The number of H-pyrrole nitrogens is 1. The van der Waals surface area contributed by atoms with Crippen LogP contribution in [0.4, 0.5) is 0 Å². The maximum absolute atomic E-state index is 6.30. The highest BCUT2D eigenvalue weighted by molar-refractivity contribution is 7.71. The molecule has 0 aliphatic heterocycles. The molecule has 1 heterocycles. The predicted molar refractivity (Wildman–Crippen MR) is 84.2 cm³/mol. The molecule has 0 spiro atoms. The van der Waals surface area contributed by atoms with Gasteiger partial charge in [-0.3, -0.25) is 0 Å². The molecule has 20 heavy (non-hydrogen) atoms. The number of aromatic amines is 1. The van der Waals surface area contributed by atoms with Crippen LogP contribution < -0.4 is 4.74 Å². The SMILES string of the molecule is COc1ccccc1Cn1c(=S)[nH]c2cccc(Cl)c21. The van der Waals surface area contributed by atoms with Crippen LogP contribution in [0.5, 0.6) is 5.75 Å². The number of para-hydroxylation sites is 2. The monoisotopic (exact) mass is 304 g/mol. The zero-order valence-electron chi connectivity index (χ0n) is 10.9. The Kier molecular flexibility index (Phi) is 3.51. The molecule has 0 unspecified atom stereocenters. The molecular weight excluding hydrogens is 292 g/mol. The van der Waals surface area contributed by atoms with Gasteiger partial charge in [-0.05, 0) is 30.4 Å². The van der Waals surface area contributed by atoms with Crippen molar-refractivity contribution in [3.05, 3.63) is 57.8 Å². The molecule has 0 fully saturated rings. The zero-order valence-corrected chi connectivity index (χ0v) is 12.5. The van der Waals surface area contributed by atoms with Gasteiger partial charge in [-0.25, -0.2) is 0 Å². The lowest BCUT2D eigenvalue weighted by Gasteiger charge is -2.10. The van der Waals surface area contributed by atoms with Crippen molar-refractivity contribution in [3.63, 3.8) is 0 Å². The number of methoxy groups -OCH3 is 1. The van der Waals surface area contributed by atoms with Crippen LogP contribution in [-0.4, -0.2) is 16.7 Å². The van der Waals surface area contributed by atoms with Crippen LogP contribution in [0, 0.1) is 4.77 Å². The van der Waals surface area contributed by atoms with Crippen LogP contribution in [0.3, 0.4) is 0 Å². The van der Waals surface area contributed by atoms with Crippen LogP contribution in [0.2, 0.25) is 5.02 Å². The molecule has 0 amide bonds. The summed E-state index contributed by atoms with van der Waals surface area (Å²) in [6.45, 7) is 0.618. The first kappa shape index (κ1) is 13.2. The summed E-state index contributed by atoms with van der Waals surface area (Å²) in [6, 6.07) is 13.6. The molecule has 1 aromatic heterocycles. The van der Waals surface area contributed by atoms with E-state index in [1.807, 2.05) is 47.0 Å². The molecule has 1 N–H and O–H groups in total. The van der Waals surface area contributed by atoms with Crippen LogP contribution >= 0.6 is 23.8 Å². The molecule has 3 rings (SSSR count). The van der Waals surface area contributed by atoms with Crippen molar-refractivity contribution >= 4 is 34.9 Å². The molecule has 0 bridgehead atoms. The van der Waals surface area contributed by atoms with E-state index in [9.17, 15) is 0 Å². The number of hydrogen-bond acceptors (Lipinski definition) is 2. The Bertz CT molecular complexity index is 822. The summed E-state index contributed by atoms with van der Waals surface area (Å²) < 4.78 is 8.03. The number of nitrogens with zero attached hydrogens (tertiary/aromatic N) is 1. The predicted octanol–water partition coefficient (Wildman–Crippen LogP) is 4.41. The fraction of sp³-hybridized carbons (Fsp3) is 0.133. The minimum Gasteiger partial charge on any atom is -0.496 e. The fourth-order valence-electron chi connectivity index (χ4n) is 2.33. The summed E-state index contributed by atoms with van der Waals surface area (Å²) in [4.78, 5) is 3.18. The molecule has 102 valence electrons. The smallest absolute Gasteiger partial charge is 0.178 e. The van der Waals surface area contributed by atoms with E-state index in [-0.39, 0.29) is 0 Å². The highest BCUT2D eigenvalue weighted by Gasteiger charge is 2.10. The van der Waals surface area contributed by atoms with Gasteiger partial charge in [0.25, 0.3) is 0 Å². The Morgan fingerprint density at radius 3 is 2.80 bits per heavy atom. The molecular formula is C15H13ClN2OS. The number of rotatable bonds is 3. The van der Waals surface area contributed by atoms with Gasteiger partial charge in [0.2, 0.25) is 0 Å². The van der Waals surface area contributed by atoms with Gasteiger partial charge in [0.05, 0.1) is 29.7 Å². The van der Waals surface area contributed by atoms with Crippen molar-refractivity contribution < 1.29 is 4.74 Å². The Morgan fingerprint density at radius 2 is 2.00 bits per heavy atom. The molecule has 0 aliphatic rings. The van der Waals surface area contributed by atoms with Crippen LogP contribution in [0.25, 0.3) is 11.0 Å². The lowest BCUT2D eigenvalue weighted by Crippen LogP contribution is -2.02. The Balaban J connectivity index is 2.16. The summed E-state index contributed by atoms with van der Waals surface area (Å²) >= 11 is 11.7. The van der Waals surface area contributed by atoms with Crippen molar-refractivity contribution in [3.8, 4) is 5.75 Å². The third kappa shape index (κ3) is 2.21. The molecule has 0 saturated heterocycles. The minimum atomic E-state index is 0.618. The Morgan fingerprint density at radius 1 is 1.20 bits per heavy atom. The quantitative estimate of drug-likeness (QED) is 0.726. The lowest BCUT2D eigenvalue weighted by atomic mass is 10.2. The maximum atomic E-state index is 6.30. The molecule has 5 heteroatoms. The molecule has 0 aliphatic carbocycles. The zero-order chi connectivity index (χ0) is 14.1. The summed E-state index contributed by atoms with van der Waals surface area (Å²) in [5.74, 6) is 0.843. The highest BCUT2D eigenvalue weighted by Crippen LogP contribution is 2.26. The van der Waals surface area contributed by atoms with Gasteiger partial charge in [-0.15, -0.1) is 0 Å². The number of hydrogen-bond donors (Lipinski definition) is 1. The van der Waals surface area contributed by atoms with E-state index in [0.717, 1.165) is 22.3 Å². The third-order valence-electron chi connectivity index (χ3n) is 3.26. The third-order valence-corrected chi connectivity index (χ3v) is 3.89. The summed E-state index contributed by atoms with van der Waals surface area (Å²) in [5, 5.41) is 0.685. The van der Waals surface area contributed by atoms with Crippen molar-refractivity contribution in [2.75, 3.05) is 7.11 Å². The molecule has 2 aromatic carbocycles. The van der Waals surface area contributed by atoms with E-state index in [1.54, 1.807) is 7.11 Å². The molecule has 3 nitrogen and oxygen atoms in total. The second kappa shape index (κ2) is 5.31. The summed E-state index contributed by atoms with van der Waals surface area (Å²) in [7, 11) is 1.67. The number of imidazole rings is 1. The second-order valence-corrected chi connectivity index (χ2v) is 5.26. The van der Waals surface area contributed by atoms with Gasteiger partial charge in [-0.1, -0.05) is 35.9 Å². The van der Waals surface area contributed by atoms with Crippen LogP contribution in [-0.2, 0) is 6.54 Å². The molecule has 0 radical (unpaired) electrons. The first-order valence-electron chi connectivity index (χ1n) is 6.19. The van der Waals surface area contributed by atoms with Gasteiger partial charge >= 0.3 is 0 Å². The average molecular weight is 305 g/mol. The normalized spacial score (nSPS) is 10.9. The number of nitrogens with one attached hydrogen (secondary N) is 1. The van der Waals surface area contributed by atoms with Gasteiger partial charge in [0.1, 0.15) is 5.75 Å². The number of ether oxygens (including phenoxy) is 1. The first-order valence-corrected chi connectivity index (χ1v) is 6.98. The standard InChI is InChI=1S/C15H13ClN2OS/c1-19-13-8-3-2-5-10(13)9-18-14-11(16)6-4-7-12(14)17-15(18)20/h2-8H,9H2,1H3,(H,17,20). The highest BCUT2D eigenvalue weighted by atomic mass is 35.5. The van der Waals surface area contributed by atoms with Crippen molar-refractivity contribution in [2.45, 2.75) is 6.54 Å². The maximum Gasteiger partial charge on any atom is 0.178 e. The average Bonchev–Trinajstić information content (AvgIpc) is 2.77. The molecule has 3 aromatic rings. The summed E-state index contributed by atoms with van der Waals surface area (Å²) in [6.07, 6.45) is 0. The van der Waals surface area contributed by atoms with Crippen molar-refractivity contribution in [1.29, 1.82) is 0 Å². The van der Waals surface area contributed by atoms with E-state index in [2.05, 4.69) is 4.98 Å². The van der Waals surface area contributed by atoms with E-state index in [1.165, 1.54) is 0 Å². The fourth-order valence-corrected chi connectivity index (χ4v) is 2.87. The van der Waals surface area contributed by atoms with Crippen molar-refractivity contribution in [1.82, 2.24) is 9.55 Å². The molecule has 0 atom stereocenters. The van der Waals surface area contributed by atoms with Gasteiger partial charge in [-0.2, -0.15) is 0 Å². The number of fused-ring (bicyclic) bond motifs is 1. The Labute approximate surface area is 126 Å². The van der Waals surface area contributed by atoms with E-state index in [4.69, 9.17) is 28.6 Å². The number of benzene rings is 2. The van der Waals surface area contributed by atoms with E-state index < -0.39 is 0 Å². The van der Waals surface area contributed by atoms with E-state index in [0.29, 0.717) is 16.3 Å². The second-order valence-electron chi connectivity index (χ2n) is 4.46. The topological polar surface area (TPSA) is 29.9 Å². The number of halogens is 1. The van der Waals surface area contributed by atoms with Crippen LogP contribution in [0.1, 0.15) is 5.56 Å². The Hall–Kier alpha value is -1.78. The summed E-state index contributed by atoms with van der Waals surface area (Å²) in [5.41, 5.74) is 2.93. The van der Waals surface area contributed by atoms with Gasteiger partial charge in [0.15, 0.2) is 4.77 Å². The molecule has 0 saturated carbocycles.